The van der Waals surface area contributed by atoms with Crippen LogP contribution in [0.25, 0.3) is 0 Å². The molecule has 0 aliphatic carbocycles. The van der Waals surface area contributed by atoms with E-state index in [-0.39, 0.29) is 6.10 Å². The average Bonchev–Trinajstić information content (AvgIpc) is 2.58. The maximum atomic E-state index is 8.98. The molecule has 0 saturated heterocycles. The van der Waals surface area contributed by atoms with Gasteiger partial charge in [-0.1, -0.05) is 6.08 Å². The van der Waals surface area contributed by atoms with Crippen molar-refractivity contribution in [3.63, 3.8) is 0 Å². The molecule has 5 heteroatoms. The fraction of sp³-hybridized carbons (Fsp3) is 0.417. The molecule has 17 heavy (non-hydrogen) atoms. The van der Waals surface area contributed by atoms with Crippen molar-refractivity contribution in [1.29, 1.82) is 5.26 Å². The molecular formula is C12H17N3O2. The molecule has 0 amide bonds. The Morgan fingerprint density at radius 2 is 2.41 bits per heavy atom. The van der Waals surface area contributed by atoms with Gasteiger partial charge in [0.05, 0.1) is 12.3 Å². The first-order chi connectivity index (χ1) is 8.13. The van der Waals surface area contributed by atoms with Gasteiger partial charge in [0.15, 0.2) is 0 Å². The summed E-state index contributed by atoms with van der Waals surface area (Å²) in [5, 5.41) is 8.98. The van der Waals surface area contributed by atoms with Crippen LogP contribution in [-0.4, -0.2) is 24.4 Å². The first-order valence-corrected chi connectivity index (χ1v) is 5.29. The number of ether oxygens (including phenoxy) is 2. The third kappa shape index (κ3) is 3.02. The Kier molecular flexibility index (Phi) is 4.61. The first kappa shape index (κ1) is 13.1. The predicted molar refractivity (Wildman–Crippen MR) is 65.7 cm³/mol. The monoisotopic (exact) mass is 235 g/mol. The molecule has 5 nitrogen and oxygen atoms in total. The van der Waals surface area contributed by atoms with E-state index in [2.05, 4.69) is 12.6 Å². The topological polar surface area (TPSA) is 73.2 Å². The maximum absolute atomic E-state index is 8.98. The van der Waals surface area contributed by atoms with Crippen LogP contribution in [0.3, 0.4) is 0 Å². The summed E-state index contributed by atoms with van der Waals surface area (Å²) in [4.78, 5) is 0. The van der Waals surface area contributed by atoms with E-state index in [1.54, 1.807) is 23.8 Å². The molecule has 1 aromatic heterocycles. The van der Waals surface area contributed by atoms with E-state index in [0.29, 0.717) is 30.4 Å². The van der Waals surface area contributed by atoms with E-state index in [1.807, 2.05) is 6.92 Å². The zero-order valence-corrected chi connectivity index (χ0v) is 10.1. The van der Waals surface area contributed by atoms with Gasteiger partial charge < -0.3 is 15.2 Å². The van der Waals surface area contributed by atoms with E-state index >= 15 is 0 Å². The highest BCUT2D eigenvalue weighted by Gasteiger charge is 2.16. The summed E-state index contributed by atoms with van der Waals surface area (Å²) >= 11 is 0. The molecule has 1 heterocycles. The van der Waals surface area contributed by atoms with Crippen LogP contribution in [0.1, 0.15) is 12.6 Å². The highest BCUT2D eigenvalue weighted by atomic mass is 16.5. The molecule has 92 valence electrons. The van der Waals surface area contributed by atoms with E-state index in [0.717, 1.165) is 0 Å². The number of hydrogen-bond acceptors (Lipinski definition) is 4. The van der Waals surface area contributed by atoms with Gasteiger partial charge in [-0.25, -0.2) is 0 Å². The third-order valence-electron chi connectivity index (χ3n) is 2.22. The number of hydrogen-bond donors (Lipinski definition) is 1. The molecule has 2 N–H and O–H groups in total. The highest BCUT2D eigenvalue weighted by Crippen LogP contribution is 2.27. The Balaban J connectivity index is 3.00. The van der Waals surface area contributed by atoms with Gasteiger partial charge in [-0.2, -0.15) is 5.26 Å². The standard InChI is InChI=1S/C12H17N3O2/c1-4-5-15-10(7-13)6-11(14)12(15)17-9(2)8-16-3/h4,6,9H,1,5,8,14H2,2-3H3. The predicted octanol–water partition coefficient (Wildman–Crippen LogP) is 1.54. The van der Waals surface area contributed by atoms with Crippen LogP contribution < -0.4 is 10.5 Å². The van der Waals surface area contributed by atoms with Gasteiger partial charge in [0.1, 0.15) is 17.9 Å². The minimum atomic E-state index is -0.132. The van der Waals surface area contributed by atoms with Gasteiger partial charge in [-0.05, 0) is 6.92 Å². The normalized spacial score (nSPS) is 11.8. The molecule has 1 atom stereocenters. The first-order valence-electron chi connectivity index (χ1n) is 5.29. The second-order valence-corrected chi connectivity index (χ2v) is 3.68. The van der Waals surface area contributed by atoms with E-state index in [1.165, 1.54) is 0 Å². The molecule has 1 aromatic rings. The van der Waals surface area contributed by atoms with Crippen molar-refractivity contribution in [2.75, 3.05) is 19.5 Å². The fourth-order valence-electron chi connectivity index (χ4n) is 1.55. The van der Waals surface area contributed by atoms with Crippen molar-refractivity contribution >= 4 is 5.69 Å². The van der Waals surface area contributed by atoms with Crippen LogP contribution in [0.15, 0.2) is 18.7 Å². The van der Waals surface area contributed by atoms with Crippen molar-refractivity contribution in [1.82, 2.24) is 4.57 Å². The second kappa shape index (κ2) is 5.97. The molecule has 0 aromatic carbocycles. The Hall–Kier alpha value is -1.93. The fourth-order valence-corrected chi connectivity index (χ4v) is 1.55. The summed E-state index contributed by atoms with van der Waals surface area (Å²) in [6.45, 7) is 6.46. The van der Waals surface area contributed by atoms with E-state index in [4.69, 9.17) is 20.5 Å². The summed E-state index contributed by atoms with van der Waals surface area (Å²) in [6, 6.07) is 3.67. The lowest BCUT2D eigenvalue weighted by Crippen LogP contribution is -2.20. The van der Waals surface area contributed by atoms with Crippen LogP contribution in [0.4, 0.5) is 5.69 Å². The Morgan fingerprint density at radius 3 is 2.94 bits per heavy atom. The van der Waals surface area contributed by atoms with Crippen molar-refractivity contribution in [3.8, 4) is 11.9 Å². The lowest BCUT2D eigenvalue weighted by atomic mass is 10.4. The third-order valence-corrected chi connectivity index (χ3v) is 2.22. The molecule has 1 unspecified atom stereocenters. The van der Waals surface area contributed by atoms with Gasteiger partial charge in [-0.3, -0.25) is 4.57 Å². The van der Waals surface area contributed by atoms with Crippen molar-refractivity contribution in [3.05, 3.63) is 24.4 Å². The summed E-state index contributed by atoms with van der Waals surface area (Å²) in [5.41, 5.74) is 6.73. The van der Waals surface area contributed by atoms with Crippen LogP contribution in [0.5, 0.6) is 5.88 Å². The van der Waals surface area contributed by atoms with Crippen LogP contribution in [0.2, 0.25) is 0 Å². The van der Waals surface area contributed by atoms with Crippen molar-refractivity contribution in [2.24, 2.45) is 0 Å². The van der Waals surface area contributed by atoms with Crippen molar-refractivity contribution < 1.29 is 9.47 Å². The number of nitriles is 1. The molecule has 0 radical (unpaired) electrons. The largest absolute Gasteiger partial charge is 0.472 e. The Bertz CT molecular complexity index is 432. The van der Waals surface area contributed by atoms with Gasteiger partial charge in [0, 0.05) is 19.7 Å². The molecule has 0 saturated carbocycles. The number of rotatable bonds is 6. The molecule has 0 spiro atoms. The summed E-state index contributed by atoms with van der Waals surface area (Å²) in [6.07, 6.45) is 1.56. The lowest BCUT2D eigenvalue weighted by molar-refractivity contribution is 0.0870. The highest BCUT2D eigenvalue weighted by molar-refractivity contribution is 5.55. The van der Waals surface area contributed by atoms with Gasteiger partial charge >= 0.3 is 0 Å². The number of nitrogen functional groups attached to an aromatic ring is 1. The van der Waals surface area contributed by atoms with Crippen molar-refractivity contribution in [2.45, 2.75) is 19.6 Å². The van der Waals surface area contributed by atoms with E-state index < -0.39 is 0 Å². The SMILES string of the molecule is C=CCn1c(C#N)cc(N)c1OC(C)COC. The zero-order valence-electron chi connectivity index (χ0n) is 10.1. The second-order valence-electron chi connectivity index (χ2n) is 3.68. The van der Waals surface area contributed by atoms with Crippen LogP contribution in [-0.2, 0) is 11.3 Å². The minimum Gasteiger partial charge on any atom is -0.472 e. The zero-order chi connectivity index (χ0) is 12.8. The molecular weight excluding hydrogens is 218 g/mol. The van der Waals surface area contributed by atoms with Crippen LogP contribution in [0, 0.1) is 11.3 Å². The lowest BCUT2D eigenvalue weighted by Gasteiger charge is -2.16. The van der Waals surface area contributed by atoms with Gasteiger partial charge in [0.25, 0.3) is 0 Å². The summed E-state index contributed by atoms with van der Waals surface area (Å²) in [7, 11) is 1.60. The number of anilines is 1. The molecule has 0 aliphatic heterocycles. The number of aromatic nitrogens is 1. The Labute approximate surface area is 101 Å². The van der Waals surface area contributed by atoms with Crippen LogP contribution >= 0.6 is 0 Å². The van der Waals surface area contributed by atoms with E-state index in [9.17, 15) is 0 Å². The minimum absolute atomic E-state index is 0.132. The number of nitrogens with two attached hydrogens (primary N) is 1. The summed E-state index contributed by atoms with van der Waals surface area (Å²) < 4.78 is 12.3. The van der Waals surface area contributed by atoms with Gasteiger partial charge in [0.2, 0.25) is 5.88 Å². The molecule has 1 rings (SSSR count). The quantitative estimate of drug-likeness (QED) is 0.759. The number of methoxy groups -OCH3 is 1. The van der Waals surface area contributed by atoms with Gasteiger partial charge in [-0.15, -0.1) is 6.58 Å². The Morgan fingerprint density at radius 1 is 1.71 bits per heavy atom. The number of allylic oxidation sites excluding steroid dienone is 1. The molecule has 0 aliphatic rings. The smallest absolute Gasteiger partial charge is 0.219 e. The molecule has 0 bridgehead atoms. The summed E-state index contributed by atoms with van der Waals surface area (Å²) in [5.74, 6) is 0.492. The average molecular weight is 235 g/mol. The maximum Gasteiger partial charge on any atom is 0.219 e. The number of nitrogens with zero attached hydrogens (tertiary/aromatic N) is 2. The molecule has 0 fully saturated rings.